The molecule has 3 N–H and O–H groups in total. The van der Waals surface area contributed by atoms with E-state index < -0.39 is 17.1 Å². The first kappa shape index (κ1) is 12.8. The minimum Gasteiger partial charge on any atom is -0.610 e. The van der Waals surface area contributed by atoms with E-state index in [2.05, 4.69) is 14.7 Å². The minimum atomic E-state index is -1.35. The Bertz CT molecular complexity index is 556. The number of hydrogen-bond acceptors (Lipinski definition) is 6. The molecule has 0 spiro atoms. The summed E-state index contributed by atoms with van der Waals surface area (Å²) in [5.74, 6) is -0.648. The first-order valence-electron chi connectivity index (χ1n) is 4.89. The zero-order valence-electron chi connectivity index (χ0n) is 9.41. The van der Waals surface area contributed by atoms with Crippen LogP contribution in [0.15, 0.2) is 29.6 Å². The molecule has 0 saturated carbocycles. The van der Waals surface area contributed by atoms with Crippen molar-refractivity contribution < 1.29 is 9.35 Å². The first-order valence-corrected chi connectivity index (χ1v) is 7.22. The molecule has 0 saturated heterocycles. The van der Waals surface area contributed by atoms with Crippen LogP contribution < -0.4 is 11.1 Å². The lowest BCUT2D eigenvalue weighted by Gasteiger charge is -2.05. The molecular weight excluding hydrogens is 272 g/mol. The molecule has 8 heteroatoms. The molecule has 1 unspecified atom stereocenters. The third-order valence-electron chi connectivity index (χ3n) is 2.12. The summed E-state index contributed by atoms with van der Waals surface area (Å²) in [7, 11) is 0. The van der Waals surface area contributed by atoms with Crippen LogP contribution in [0.5, 0.6) is 0 Å². The van der Waals surface area contributed by atoms with Gasteiger partial charge in [-0.3, -0.25) is 9.78 Å². The van der Waals surface area contributed by atoms with Crippen LogP contribution in [-0.2, 0) is 11.2 Å². The number of carbonyl (C=O) groups is 1. The number of hydrogen-bond donors (Lipinski definition) is 2. The van der Waals surface area contributed by atoms with Crippen molar-refractivity contribution in [1.29, 1.82) is 0 Å². The van der Waals surface area contributed by atoms with Gasteiger partial charge in [0.15, 0.2) is 5.56 Å². The fourth-order valence-electron chi connectivity index (χ4n) is 1.34. The maximum absolute atomic E-state index is 11.4. The summed E-state index contributed by atoms with van der Waals surface area (Å²) in [5, 5.41) is 3.71. The van der Waals surface area contributed by atoms with E-state index in [1.54, 1.807) is 24.5 Å². The Morgan fingerprint density at radius 1 is 1.50 bits per heavy atom. The number of primary amides is 1. The van der Waals surface area contributed by atoms with Crippen LogP contribution in [0.2, 0.25) is 0 Å². The quantitative estimate of drug-likeness (QED) is 0.818. The highest BCUT2D eigenvalue weighted by molar-refractivity contribution is 7.90. The topological polar surface area (TPSA) is 104 Å². The van der Waals surface area contributed by atoms with E-state index >= 15 is 0 Å². The third kappa shape index (κ3) is 2.61. The zero-order chi connectivity index (χ0) is 13.1. The fraction of sp³-hybridized carbons (Fsp3) is 0.100. The molecule has 0 aliphatic rings. The number of nitrogens with zero attached hydrogens (tertiary/aromatic N) is 2. The third-order valence-corrected chi connectivity index (χ3v) is 3.84. The molecule has 0 aromatic carbocycles. The number of pyridine rings is 1. The highest BCUT2D eigenvalue weighted by atomic mass is 32.2. The van der Waals surface area contributed by atoms with Gasteiger partial charge in [-0.1, -0.05) is 0 Å². The maximum atomic E-state index is 11.4. The van der Waals surface area contributed by atoms with E-state index in [-0.39, 0.29) is 10.6 Å². The van der Waals surface area contributed by atoms with E-state index in [1.165, 1.54) is 6.26 Å². The highest BCUT2D eigenvalue weighted by Gasteiger charge is 2.25. The van der Waals surface area contributed by atoms with Crippen LogP contribution in [0, 0.1) is 0 Å². The molecule has 2 heterocycles. The second-order valence-electron chi connectivity index (χ2n) is 3.37. The molecule has 18 heavy (non-hydrogen) atoms. The average Bonchev–Trinajstić information content (AvgIpc) is 2.74. The number of carbonyl (C=O) groups excluding carboxylic acids is 1. The molecule has 1 atom stereocenters. The van der Waals surface area contributed by atoms with Crippen molar-refractivity contribution in [2.24, 2.45) is 5.73 Å². The summed E-state index contributed by atoms with van der Waals surface area (Å²) in [6.07, 6.45) is 4.69. The summed E-state index contributed by atoms with van der Waals surface area (Å²) in [6.45, 7) is 0. The molecule has 2 rings (SSSR count). The van der Waals surface area contributed by atoms with Crippen molar-refractivity contribution in [2.45, 2.75) is 5.03 Å². The maximum Gasteiger partial charge on any atom is 0.270 e. The number of aromatic nitrogens is 2. The Kier molecular flexibility index (Phi) is 3.80. The molecule has 0 aliphatic carbocycles. The lowest BCUT2D eigenvalue weighted by molar-refractivity contribution is 0.0998. The lowest BCUT2D eigenvalue weighted by atomic mass is 10.3. The van der Waals surface area contributed by atoms with Crippen LogP contribution in [0.1, 0.15) is 10.4 Å². The molecule has 6 nitrogen and oxygen atoms in total. The number of nitrogens with one attached hydrogen (secondary N) is 1. The van der Waals surface area contributed by atoms with Crippen molar-refractivity contribution in [3.05, 3.63) is 30.1 Å². The SMILES string of the molecule is C[S+]([O-])c1nsc(Nc2ccncc2)c1C(N)=O. The van der Waals surface area contributed by atoms with Gasteiger partial charge in [0.1, 0.15) is 11.3 Å². The Morgan fingerprint density at radius 2 is 2.17 bits per heavy atom. The molecule has 0 fully saturated rings. The van der Waals surface area contributed by atoms with Gasteiger partial charge in [-0.15, -0.1) is 4.37 Å². The van der Waals surface area contributed by atoms with Gasteiger partial charge >= 0.3 is 0 Å². The number of nitrogens with two attached hydrogens (primary N) is 1. The van der Waals surface area contributed by atoms with E-state index in [0.29, 0.717) is 5.00 Å². The second-order valence-corrected chi connectivity index (χ2v) is 5.44. The van der Waals surface area contributed by atoms with Gasteiger partial charge in [-0.05, 0) is 23.7 Å². The molecular formula is C10H10N4O2S2. The van der Waals surface area contributed by atoms with Crippen molar-refractivity contribution in [2.75, 3.05) is 11.6 Å². The van der Waals surface area contributed by atoms with E-state index in [4.69, 9.17) is 5.73 Å². The van der Waals surface area contributed by atoms with Crippen molar-refractivity contribution in [3.8, 4) is 0 Å². The molecule has 0 aliphatic heterocycles. The smallest absolute Gasteiger partial charge is 0.270 e. The summed E-state index contributed by atoms with van der Waals surface area (Å²) in [5.41, 5.74) is 6.22. The van der Waals surface area contributed by atoms with Gasteiger partial charge in [0.25, 0.3) is 10.9 Å². The van der Waals surface area contributed by atoms with Gasteiger partial charge in [-0.25, -0.2) is 0 Å². The normalized spacial score (nSPS) is 12.1. The lowest BCUT2D eigenvalue weighted by Crippen LogP contribution is -2.16. The average molecular weight is 282 g/mol. The Balaban J connectivity index is 2.37. The van der Waals surface area contributed by atoms with Crippen LogP contribution in [0.25, 0.3) is 0 Å². The second kappa shape index (κ2) is 5.34. The predicted molar refractivity (Wildman–Crippen MR) is 70.5 cm³/mol. The summed E-state index contributed by atoms with van der Waals surface area (Å²) in [6, 6.07) is 3.49. The standard InChI is InChI=1S/C10H10N4O2S2/c1-18(16)10-7(8(11)15)9(17-14-10)13-6-2-4-12-5-3-6/h2-5H,1H3,(H2,11,15)(H,12,13). The van der Waals surface area contributed by atoms with E-state index in [9.17, 15) is 9.35 Å². The summed E-state index contributed by atoms with van der Waals surface area (Å²) < 4.78 is 15.4. The van der Waals surface area contributed by atoms with Crippen molar-refractivity contribution in [1.82, 2.24) is 9.36 Å². The fourth-order valence-corrected chi connectivity index (χ4v) is 3.14. The monoisotopic (exact) mass is 282 g/mol. The van der Waals surface area contributed by atoms with Crippen LogP contribution >= 0.6 is 11.5 Å². The highest BCUT2D eigenvalue weighted by Crippen LogP contribution is 2.30. The van der Waals surface area contributed by atoms with Gasteiger partial charge in [0.2, 0.25) is 0 Å². The summed E-state index contributed by atoms with van der Waals surface area (Å²) in [4.78, 5) is 15.3. The van der Waals surface area contributed by atoms with Gasteiger partial charge in [-0.2, -0.15) is 0 Å². The largest absolute Gasteiger partial charge is 0.610 e. The van der Waals surface area contributed by atoms with Gasteiger partial charge < -0.3 is 15.6 Å². The predicted octanol–water partition coefficient (Wildman–Crippen LogP) is 1.12. The molecule has 0 bridgehead atoms. The van der Waals surface area contributed by atoms with E-state index in [1.807, 2.05) is 0 Å². The molecule has 1 amide bonds. The molecule has 2 aromatic rings. The van der Waals surface area contributed by atoms with Crippen LogP contribution in [0.4, 0.5) is 10.7 Å². The summed E-state index contributed by atoms with van der Waals surface area (Å²) >= 11 is -0.300. The zero-order valence-corrected chi connectivity index (χ0v) is 11.0. The Morgan fingerprint density at radius 3 is 2.72 bits per heavy atom. The molecule has 2 aromatic heterocycles. The van der Waals surface area contributed by atoms with Crippen LogP contribution in [0.3, 0.4) is 0 Å². The Labute approximate surface area is 111 Å². The number of rotatable bonds is 4. The van der Waals surface area contributed by atoms with Crippen molar-refractivity contribution in [3.63, 3.8) is 0 Å². The van der Waals surface area contributed by atoms with Crippen LogP contribution in [-0.4, -0.2) is 26.1 Å². The van der Waals surface area contributed by atoms with Crippen molar-refractivity contribution >= 4 is 39.3 Å². The Hall–Kier alpha value is -1.64. The van der Waals surface area contributed by atoms with Gasteiger partial charge in [0.05, 0.1) is 0 Å². The first-order chi connectivity index (χ1) is 8.59. The molecule has 94 valence electrons. The van der Waals surface area contributed by atoms with Gasteiger partial charge in [0, 0.05) is 29.3 Å². The van der Waals surface area contributed by atoms with E-state index in [0.717, 1.165) is 17.2 Å². The minimum absolute atomic E-state index is 0.178. The number of amides is 1. The number of anilines is 2. The molecule has 0 radical (unpaired) electrons.